The molecule has 2 atom stereocenters. The minimum Gasteiger partial charge on any atom is -0.493 e. The number of carbonyl (C=O) groups excluding carboxylic acids is 3. The molecule has 0 radical (unpaired) electrons. The molecule has 1 fully saturated rings. The second kappa shape index (κ2) is 10.2. The lowest BCUT2D eigenvalue weighted by molar-refractivity contribution is -0.123. The van der Waals surface area contributed by atoms with Crippen molar-refractivity contribution in [2.45, 2.75) is 25.6 Å². The Morgan fingerprint density at radius 3 is 2.68 bits per heavy atom. The van der Waals surface area contributed by atoms with Gasteiger partial charge in [0.1, 0.15) is 17.6 Å². The molecule has 4 bridgehead atoms. The van der Waals surface area contributed by atoms with Crippen LogP contribution in [0.15, 0.2) is 53.3 Å². The molecule has 2 N–H and O–H groups in total. The monoisotopic (exact) mass is 506 g/mol. The van der Waals surface area contributed by atoms with Gasteiger partial charge in [0.25, 0.3) is 17.7 Å². The summed E-state index contributed by atoms with van der Waals surface area (Å²) in [5.74, 6) is 0.640. The zero-order chi connectivity index (χ0) is 25.9. The third kappa shape index (κ3) is 5.20. The molecule has 192 valence electrons. The fraction of sp³-hybridized carbons (Fsp3) is 0.308. The lowest BCUT2D eigenvalue weighted by Gasteiger charge is -2.21. The third-order valence-electron chi connectivity index (χ3n) is 6.30. The Hall–Kier alpha value is -4.54. The summed E-state index contributed by atoms with van der Waals surface area (Å²) >= 11 is 0. The van der Waals surface area contributed by atoms with Gasteiger partial charge in [-0.1, -0.05) is 12.1 Å². The van der Waals surface area contributed by atoms with Crippen LogP contribution in [0, 0.1) is 6.92 Å². The predicted octanol–water partition coefficient (Wildman–Crippen LogP) is 1.70. The van der Waals surface area contributed by atoms with Gasteiger partial charge < -0.3 is 34.2 Å². The van der Waals surface area contributed by atoms with Gasteiger partial charge in [-0.3, -0.25) is 14.4 Å². The van der Waals surface area contributed by atoms with Gasteiger partial charge in [-0.25, -0.2) is 4.98 Å². The number of aromatic nitrogens is 1. The molecule has 3 aromatic rings. The van der Waals surface area contributed by atoms with E-state index in [9.17, 15) is 14.4 Å². The van der Waals surface area contributed by atoms with Gasteiger partial charge in [-0.2, -0.15) is 0 Å². The first-order valence-corrected chi connectivity index (χ1v) is 11.7. The van der Waals surface area contributed by atoms with Crippen LogP contribution in [0.3, 0.4) is 0 Å². The minimum absolute atomic E-state index is 0.220. The zero-order valence-corrected chi connectivity index (χ0v) is 20.4. The lowest BCUT2D eigenvalue weighted by atomic mass is 10.1. The molecular weight excluding hydrogens is 480 g/mol. The predicted molar refractivity (Wildman–Crippen MR) is 130 cm³/mol. The third-order valence-corrected chi connectivity index (χ3v) is 6.30. The molecule has 4 heterocycles. The summed E-state index contributed by atoms with van der Waals surface area (Å²) in [6, 6.07) is 11.5. The molecule has 1 aromatic heterocycles. The zero-order valence-electron chi connectivity index (χ0n) is 20.4. The molecule has 37 heavy (non-hydrogen) atoms. The summed E-state index contributed by atoms with van der Waals surface area (Å²) in [7, 11) is 1.48. The molecule has 2 aromatic carbocycles. The van der Waals surface area contributed by atoms with Crippen LogP contribution >= 0.6 is 0 Å². The van der Waals surface area contributed by atoms with Gasteiger partial charge in [0.05, 0.1) is 19.7 Å². The molecule has 1 saturated heterocycles. The number of ether oxygens (including phenoxy) is 3. The highest BCUT2D eigenvalue weighted by Crippen LogP contribution is 2.29. The van der Waals surface area contributed by atoms with Gasteiger partial charge >= 0.3 is 0 Å². The van der Waals surface area contributed by atoms with Crippen molar-refractivity contribution in [1.82, 2.24) is 20.5 Å². The van der Waals surface area contributed by atoms with Gasteiger partial charge in [0.2, 0.25) is 0 Å². The second-order valence-corrected chi connectivity index (χ2v) is 8.78. The van der Waals surface area contributed by atoms with Crippen molar-refractivity contribution in [2.75, 3.05) is 26.8 Å². The van der Waals surface area contributed by atoms with E-state index in [2.05, 4.69) is 15.6 Å². The summed E-state index contributed by atoms with van der Waals surface area (Å²) in [5, 5.41) is 5.78. The molecule has 3 aliphatic rings. The lowest BCUT2D eigenvalue weighted by Crippen LogP contribution is -2.45. The Morgan fingerprint density at radius 1 is 1.14 bits per heavy atom. The molecule has 11 nitrogen and oxygen atoms in total. The van der Waals surface area contributed by atoms with Crippen LogP contribution in [0.4, 0.5) is 0 Å². The molecule has 11 heteroatoms. The number of likely N-dealkylation sites (tertiary alicyclic amines) is 1. The Balaban J connectivity index is 1.45. The van der Waals surface area contributed by atoms with Crippen LogP contribution in [0.5, 0.6) is 17.2 Å². The van der Waals surface area contributed by atoms with Crippen LogP contribution < -0.4 is 24.8 Å². The van der Waals surface area contributed by atoms with Crippen molar-refractivity contribution in [1.29, 1.82) is 0 Å². The standard InChI is InChI=1S/C26H26N4O7/c1-15-24(28-14-36-15)26(33)30-11-19-22(12-30)37-18-6-3-16(4-7-18)10-27-23(31)13-35-21-9-17(25(32)29-19)5-8-20(21)34-2/h3-9,14,19,22H,10-13H2,1-2H3,(H,27,31)(H,29,32)/t19-,22-/m0/s1. The van der Waals surface area contributed by atoms with E-state index >= 15 is 0 Å². The van der Waals surface area contributed by atoms with Crippen molar-refractivity contribution in [3.63, 3.8) is 0 Å². The van der Waals surface area contributed by atoms with Gasteiger partial charge in [-0.15, -0.1) is 0 Å². The number of carbonyl (C=O) groups is 3. The highest BCUT2D eigenvalue weighted by Gasteiger charge is 2.39. The van der Waals surface area contributed by atoms with Crippen molar-refractivity contribution < 1.29 is 33.0 Å². The average Bonchev–Trinajstić information content (AvgIpc) is 3.51. The second-order valence-electron chi connectivity index (χ2n) is 8.78. The van der Waals surface area contributed by atoms with E-state index in [-0.39, 0.29) is 48.9 Å². The van der Waals surface area contributed by atoms with Crippen molar-refractivity contribution in [3.05, 3.63) is 71.4 Å². The highest BCUT2D eigenvalue weighted by atomic mass is 16.5. The number of benzene rings is 2. The maximum atomic E-state index is 13.2. The quantitative estimate of drug-likeness (QED) is 0.537. The van der Waals surface area contributed by atoms with Crippen molar-refractivity contribution in [3.8, 4) is 17.2 Å². The van der Waals surface area contributed by atoms with E-state index in [4.69, 9.17) is 18.6 Å². The molecule has 3 amide bonds. The number of rotatable bonds is 2. The first-order valence-electron chi connectivity index (χ1n) is 11.7. The summed E-state index contributed by atoms with van der Waals surface area (Å²) in [6.07, 6.45) is 0.712. The van der Waals surface area contributed by atoms with Gasteiger partial charge in [-0.05, 0) is 42.8 Å². The van der Waals surface area contributed by atoms with Crippen LogP contribution in [0.25, 0.3) is 0 Å². The Morgan fingerprint density at radius 2 is 1.95 bits per heavy atom. The molecule has 0 unspecified atom stereocenters. The summed E-state index contributed by atoms with van der Waals surface area (Å²) in [5.41, 5.74) is 1.41. The largest absolute Gasteiger partial charge is 0.493 e. The molecular formula is C26H26N4O7. The molecule has 0 saturated carbocycles. The van der Waals surface area contributed by atoms with E-state index in [1.54, 1.807) is 36.1 Å². The number of aryl methyl sites for hydroxylation is 1. The number of fused-ring (bicyclic) bond motifs is 7. The molecule has 0 aliphatic carbocycles. The number of hydrogen-bond acceptors (Lipinski definition) is 8. The number of hydrogen-bond donors (Lipinski definition) is 2. The number of oxazole rings is 1. The Labute approximate surface area is 212 Å². The van der Waals surface area contributed by atoms with E-state index in [0.717, 1.165) is 5.56 Å². The number of nitrogens with zero attached hydrogens (tertiary/aromatic N) is 2. The Kier molecular flexibility index (Phi) is 6.67. The van der Waals surface area contributed by atoms with Crippen molar-refractivity contribution >= 4 is 17.7 Å². The van der Waals surface area contributed by atoms with Crippen LogP contribution in [0.1, 0.15) is 32.2 Å². The van der Waals surface area contributed by atoms with Crippen molar-refractivity contribution in [2.24, 2.45) is 0 Å². The van der Waals surface area contributed by atoms with Crippen LogP contribution in [-0.2, 0) is 11.3 Å². The first kappa shape index (κ1) is 24.2. The number of methoxy groups -OCH3 is 1. The van der Waals surface area contributed by atoms with E-state index < -0.39 is 12.1 Å². The van der Waals surface area contributed by atoms with E-state index in [1.807, 2.05) is 12.1 Å². The maximum Gasteiger partial charge on any atom is 0.276 e. The summed E-state index contributed by atoms with van der Waals surface area (Å²) in [4.78, 5) is 44.3. The van der Waals surface area contributed by atoms with Crippen LogP contribution in [0.2, 0.25) is 0 Å². The fourth-order valence-electron chi connectivity index (χ4n) is 4.30. The molecule has 3 aliphatic heterocycles. The van der Waals surface area contributed by atoms with E-state index in [1.165, 1.54) is 19.6 Å². The van der Waals surface area contributed by atoms with E-state index in [0.29, 0.717) is 29.4 Å². The molecule has 0 spiro atoms. The average molecular weight is 507 g/mol. The first-order chi connectivity index (χ1) is 17.9. The van der Waals surface area contributed by atoms with Gasteiger partial charge in [0, 0.05) is 18.7 Å². The highest BCUT2D eigenvalue weighted by molar-refractivity contribution is 5.96. The molecule has 6 rings (SSSR count). The number of nitrogens with one attached hydrogen (secondary N) is 2. The summed E-state index contributed by atoms with van der Waals surface area (Å²) < 4.78 is 22.4. The SMILES string of the molecule is COc1ccc2cc1OCC(=O)NCc1ccc(cc1)O[C@H]1CN(C(=O)c3ncoc3C)C[C@@H]1NC2=O. The number of amides is 3. The fourth-order valence-corrected chi connectivity index (χ4v) is 4.30. The maximum absolute atomic E-state index is 13.2. The smallest absolute Gasteiger partial charge is 0.276 e. The normalized spacial score (nSPS) is 19.7. The Bertz CT molecular complexity index is 1320. The topological polar surface area (TPSA) is 132 Å². The van der Waals surface area contributed by atoms with Gasteiger partial charge in [0.15, 0.2) is 30.2 Å². The van der Waals surface area contributed by atoms with Crippen LogP contribution in [-0.4, -0.2) is 66.6 Å². The minimum atomic E-state index is -0.518. The summed E-state index contributed by atoms with van der Waals surface area (Å²) in [6.45, 7) is 2.20.